The highest BCUT2D eigenvalue weighted by atomic mass is 35.5. The molecule has 6 unspecified atom stereocenters. The number of hydrogen-bond donors (Lipinski definition) is 5. The van der Waals surface area contributed by atoms with Gasteiger partial charge in [0.05, 0.1) is 28.6 Å². The number of ether oxygens (including phenoxy) is 5. The first-order chi connectivity index (χ1) is 20.5. The number of aromatic hydroxyl groups is 1. The van der Waals surface area contributed by atoms with Gasteiger partial charge >= 0.3 is 0 Å². The molecule has 3 aromatic rings. The van der Waals surface area contributed by atoms with Crippen molar-refractivity contribution in [2.75, 3.05) is 28.1 Å². The smallest absolute Gasteiger partial charge is 0.284 e. The number of amides is 1. The molecule has 0 saturated carbocycles. The highest BCUT2D eigenvalue weighted by molar-refractivity contribution is 6.33. The molecular formula is C28H24ClNO13. The van der Waals surface area contributed by atoms with Crippen LogP contribution in [-0.2, 0) is 24.5 Å². The highest BCUT2D eigenvalue weighted by Gasteiger charge is 2.62. The summed E-state index contributed by atoms with van der Waals surface area (Å²) in [5.41, 5.74) is -5.10. The number of nitrogens with zero attached hydrogens (tertiary/aromatic N) is 1. The minimum Gasteiger partial charge on any atom is -0.507 e. The fourth-order valence-electron chi connectivity index (χ4n) is 6.69. The summed E-state index contributed by atoms with van der Waals surface area (Å²) in [5.74, 6) is -2.38. The van der Waals surface area contributed by atoms with Gasteiger partial charge in [-0.05, 0) is 23.8 Å². The van der Waals surface area contributed by atoms with Crippen LogP contribution in [0.25, 0.3) is 16.7 Å². The SMILES string of the molecule is COc1c(Cl)ccc2c(=O)c3c(oc12)C1=C2C(OCO1)C(OC)c1cc4c(c(O)c1C2(O)C3O)C(=O)N(O)C(OC)C4O. The van der Waals surface area contributed by atoms with Gasteiger partial charge in [0.2, 0.25) is 0 Å². The van der Waals surface area contributed by atoms with Crippen LogP contribution in [-0.4, -0.2) is 77.1 Å². The zero-order valence-electron chi connectivity index (χ0n) is 22.7. The van der Waals surface area contributed by atoms with E-state index in [0.717, 1.165) is 7.11 Å². The zero-order valence-corrected chi connectivity index (χ0v) is 23.4. The van der Waals surface area contributed by atoms with Crippen LogP contribution < -0.4 is 10.2 Å². The second-order valence-electron chi connectivity index (χ2n) is 10.4. The van der Waals surface area contributed by atoms with Gasteiger partial charge in [0.15, 0.2) is 46.9 Å². The van der Waals surface area contributed by atoms with Gasteiger partial charge in [0.1, 0.15) is 30.2 Å². The minimum atomic E-state index is -2.65. The van der Waals surface area contributed by atoms with Crippen LogP contribution in [0.15, 0.2) is 33.0 Å². The predicted molar refractivity (Wildman–Crippen MR) is 142 cm³/mol. The number of phenolic OH excluding ortho intramolecular Hbond substituents is 1. The molecule has 0 bridgehead atoms. The van der Waals surface area contributed by atoms with Crippen molar-refractivity contribution < 1.29 is 58.5 Å². The van der Waals surface area contributed by atoms with Gasteiger partial charge in [0.25, 0.3) is 5.91 Å². The molecule has 4 aliphatic rings. The number of hydroxylamine groups is 2. The topological polar surface area (TPSA) is 198 Å². The van der Waals surface area contributed by atoms with Gasteiger partial charge in [-0.15, -0.1) is 0 Å². The average molecular weight is 618 g/mol. The third kappa shape index (κ3) is 3.31. The van der Waals surface area contributed by atoms with E-state index >= 15 is 0 Å². The van der Waals surface area contributed by atoms with Crippen LogP contribution in [0.3, 0.4) is 0 Å². The standard InChI is InChI=1S/C28H24ClNO13/c1-38-19-10-6-9-12(26(35)30(37)27(40-3)17(9)32)18(33)14(10)28(36)15-23(19)41-7-42-24(15)22-13(25(28)34)16(31)8-4-5-11(29)21(39-2)20(8)43-22/h4-6,17,19,23,25,27,32-34,36-37H,7H2,1-3H3. The van der Waals surface area contributed by atoms with Gasteiger partial charge in [-0.25, -0.2) is 0 Å². The summed E-state index contributed by atoms with van der Waals surface area (Å²) in [6.45, 7) is -0.387. The fraction of sp³-hybridized carbons (Fsp3) is 0.357. The van der Waals surface area contributed by atoms with Crippen molar-refractivity contribution in [3.05, 3.63) is 72.6 Å². The molecular weight excluding hydrogens is 594 g/mol. The molecule has 226 valence electrons. The lowest BCUT2D eigenvalue weighted by atomic mass is 9.63. The Kier molecular flexibility index (Phi) is 6.12. The molecule has 15 heteroatoms. The van der Waals surface area contributed by atoms with E-state index in [2.05, 4.69) is 0 Å². The number of rotatable bonds is 3. The highest BCUT2D eigenvalue weighted by Crippen LogP contribution is 2.62. The van der Waals surface area contributed by atoms with Gasteiger partial charge in [-0.3, -0.25) is 14.8 Å². The van der Waals surface area contributed by atoms with Crippen LogP contribution in [0, 0.1) is 0 Å². The van der Waals surface area contributed by atoms with Crippen molar-refractivity contribution in [1.29, 1.82) is 0 Å². The van der Waals surface area contributed by atoms with Gasteiger partial charge < -0.3 is 48.5 Å². The average Bonchev–Trinajstić information content (AvgIpc) is 2.99. The third-order valence-electron chi connectivity index (χ3n) is 8.54. The lowest BCUT2D eigenvalue weighted by molar-refractivity contribution is -0.212. The maximum Gasteiger partial charge on any atom is 0.284 e. The number of phenols is 1. The molecule has 7 rings (SSSR count). The van der Waals surface area contributed by atoms with Crippen LogP contribution in [0.4, 0.5) is 0 Å². The second-order valence-corrected chi connectivity index (χ2v) is 10.8. The molecule has 14 nitrogen and oxygen atoms in total. The molecule has 0 fully saturated rings. The molecule has 2 aromatic carbocycles. The Morgan fingerprint density at radius 2 is 1.86 bits per heavy atom. The second kappa shape index (κ2) is 9.38. The zero-order chi connectivity index (χ0) is 30.7. The maximum atomic E-state index is 13.9. The summed E-state index contributed by atoms with van der Waals surface area (Å²) in [6, 6.07) is 4.07. The Morgan fingerprint density at radius 3 is 2.53 bits per heavy atom. The lowest BCUT2D eigenvalue weighted by Gasteiger charge is -2.51. The normalized spacial score (nSPS) is 29.1. The summed E-state index contributed by atoms with van der Waals surface area (Å²) in [5, 5.41) is 57.7. The summed E-state index contributed by atoms with van der Waals surface area (Å²) >= 11 is 6.27. The Hall–Kier alpha value is -3.73. The van der Waals surface area contributed by atoms with E-state index in [1.54, 1.807) is 0 Å². The van der Waals surface area contributed by atoms with Crippen LogP contribution in [0.1, 0.15) is 56.7 Å². The third-order valence-corrected chi connectivity index (χ3v) is 8.84. The Morgan fingerprint density at radius 1 is 1.12 bits per heavy atom. The van der Waals surface area contributed by atoms with Crippen molar-refractivity contribution in [2.24, 2.45) is 0 Å². The number of benzene rings is 2. The quantitative estimate of drug-likeness (QED) is 0.267. The van der Waals surface area contributed by atoms with E-state index in [1.807, 2.05) is 0 Å². The summed E-state index contributed by atoms with van der Waals surface area (Å²) in [6.07, 6.45) is -7.52. The Bertz CT molecular complexity index is 1840. The van der Waals surface area contributed by atoms with Crippen molar-refractivity contribution >= 4 is 34.2 Å². The van der Waals surface area contributed by atoms with E-state index in [4.69, 9.17) is 39.7 Å². The molecule has 2 aliphatic carbocycles. The summed E-state index contributed by atoms with van der Waals surface area (Å²) in [4.78, 5) is 27.1. The molecule has 2 aliphatic heterocycles. The first-order valence-corrected chi connectivity index (χ1v) is 13.3. The molecule has 1 amide bonds. The number of fused-ring (bicyclic) bond motifs is 6. The van der Waals surface area contributed by atoms with Crippen LogP contribution >= 0.6 is 11.6 Å². The first-order valence-electron chi connectivity index (χ1n) is 12.9. The number of methoxy groups -OCH3 is 3. The van der Waals surface area contributed by atoms with Gasteiger partial charge in [0, 0.05) is 30.9 Å². The first kappa shape index (κ1) is 28.1. The fourth-order valence-corrected chi connectivity index (χ4v) is 6.91. The molecule has 0 spiro atoms. The van der Waals surface area contributed by atoms with E-state index in [0.29, 0.717) is 0 Å². The summed E-state index contributed by atoms with van der Waals surface area (Å²) < 4.78 is 33.9. The molecule has 0 saturated heterocycles. The van der Waals surface area contributed by atoms with Gasteiger partial charge in [-0.2, -0.15) is 5.06 Å². The van der Waals surface area contributed by atoms with Crippen molar-refractivity contribution in [3.8, 4) is 11.5 Å². The molecule has 1 aromatic heterocycles. The van der Waals surface area contributed by atoms with E-state index < -0.39 is 70.0 Å². The van der Waals surface area contributed by atoms with E-state index in [1.165, 1.54) is 32.4 Å². The molecule has 43 heavy (non-hydrogen) atoms. The van der Waals surface area contributed by atoms with Crippen molar-refractivity contribution in [3.63, 3.8) is 0 Å². The number of aliphatic hydroxyl groups excluding tert-OH is 2. The largest absolute Gasteiger partial charge is 0.507 e. The lowest BCUT2D eigenvalue weighted by Crippen LogP contribution is -2.54. The molecule has 5 N–H and O–H groups in total. The molecule has 3 heterocycles. The number of carbonyl (C=O) groups excluding carboxylic acids is 1. The maximum absolute atomic E-state index is 13.9. The monoisotopic (exact) mass is 617 g/mol. The number of carbonyl (C=O) groups is 1. The molecule has 6 atom stereocenters. The van der Waals surface area contributed by atoms with Crippen molar-refractivity contribution in [1.82, 2.24) is 5.06 Å². The van der Waals surface area contributed by atoms with Crippen LogP contribution in [0.2, 0.25) is 5.02 Å². The predicted octanol–water partition coefficient (Wildman–Crippen LogP) is 1.73. The number of halogens is 1. The summed E-state index contributed by atoms with van der Waals surface area (Å²) in [7, 11) is 3.83. The van der Waals surface area contributed by atoms with Gasteiger partial charge in [-0.1, -0.05) is 11.6 Å². The van der Waals surface area contributed by atoms with E-state index in [-0.39, 0.29) is 61.8 Å². The van der Waals surface area contributed by atoms with Crippen molar-refractivity contribution in [2.45, 2.75) is 36.2 Å². The number of hydrogen-bond acceptors (Lipinski definition) is 13. The minimum absolute atomic E-state index is 0.0318. The number of aliphatic hydroxyl groups is 3. The molecule has 0 radical (unpaired) electrons. The Balaban J connectivity index is 1.59. The van der Waals surface area contributed by atoms with E-state index in [9.17, 15) is 35.2 Å². The van der Waals surface area contributed by atoms with Crippen LogP contribution in [0.5, 0.6) is 11.5 Å². The Labute approximate surface area is 246 Å².